The number of hydrogen-bond acceptors (Lipinski definition) is 2. The summed E-state index contributed by atoms with van der Waals surface area (Å²) in [5.74, 6) is 0. The van der Waals surface area contributed by atoms with Gasteiger partial charge in [-0.25, -0.2) is 0 Å². The molecule has 0 saturated carbocycles. The van der Waals surface area contributed by atoms with Gasteiger partial charge < -0.3 is 0 Å². The van der Waals surface area contributed by atoms with Gasteiger partial charge in [0.25, 0.3) is 0 Å². The van der Waals surface area contributed by atoms with Crippen molar-refractivity contribution in [2.45, 2.75) is 132 Å². The normalized spacial score (nSPS) is 16.1. The zero-order chi connectivity index (χ0) is 30.2. The van der Waals surface area contributed by atoms with E-state index in [0.717, 1.165) is 0 Å². The van der Waals surface area contributed by atoms with Crippen LogP contribution in [0.3, 0.4) is 0 Å². The molecule has 0 N–H and O–H groups in total. The van der Waals surface area contributed by atoms with Gasteiger partial charge in [-0.15, -0.1) is 0 Å². The Morgan fingerprint density at radius 2 is 1.02 bits per heavy atom. The van der Waals surface area contributed by atoms with Crippen molar-refractivity contribution in [3.05, 3.63) is 62.5 Å². The minimum absolute atomic E-state index is 0.0341. The molecule has 2 aromatic carbocycles. The molecular formula is C39H52S2Sn. The molecule has 3 heteroatoms. The van der Waals surface area contributed by atoms with Gasteiger partial charge in [0.15, 0.2) is 0 Å². The van der Waals surface area contributed by atoms with Gasteiger partial charge in [-0.3, -0.25) is 0 Å². The van der Waals surface area contributed by atoms with Gasteiger partial charge in [0, 0.05) is 0 Å². The molecule has 0 nitrogen and oxygen atoms in total. The van der Waals surface area contributed by atoms with Crippen LogP contribution in [-0.2, 0) is 10.8 Å². The standard InChI is InChI=1S/C27H25S2.3C4H9.Sn/c1-13-10-17-16(22-20(13)24-18(8-9-28-24)26(22,4)5)11-14(2)21-23(17)27(6,7)19-12-15(3)29-25(19)21;3*1-3-4-2;/h8,10-12H,1-7H3;3*1,3-4H2,2H3;. The summed E-state index contributed by atoms with van der Waals surface area (Å²) in [7, 11) is 0. The van der Waals surface area contributed by atoms with E-state index in [1.807, 2.05) is 14.2 Å². The first kappa shape index (κ1) is 30.9. The first-order valence-electron chi connectivity index (χ1n) is 16.8. The van der Waals surface area contributed by atoms with Gasteiger partial charge >= 0.3 is 263 Å². The van der Waals surface area contributed by atoms with Gasteiger partial charge in [0.2, 0.25) is 0 Å². The van der Waals surface area contributed by atoms with E-state index in [1.165, 1.54) is 81.3 Å². The van der Waals surface area contributed by atoms with E-state index in [2.05, 4.69) is 105 Å². The zero-order valence-electron chi connectivity index (χ0n) is 28.0. The third-order valence-electron chi connectivity index (χ3n) is 11.0. The van der Waals surface area contributed by atoms with Crippen molar-refractivity contribution in [3.63, 3.8) is 0 Å². The molecule has 0 atom stereocenters. The Kier molecular flexibility index (Phi) is 8.13. The number of benzene rings is 2. The molecule has 224 valence electrons. The molecule has 0 spiro atoms. The van der Waals surface area contributed by atoms with Crippen molar-refractivity contribution in [1.82, 2.24) is 0 Å². The number of aryl methyl sites for hydroxylation is 3. The van der Waals surface area contributed by atoms with Crippen LogP contribution in [0, 0.1) is 20.8 Å². The molecule has 0 saturated heterocycles. The van der Waals surface area contributed by atoms with Crippen LogP contribution in [0.2, 0.25) is 13.3 Å². The predicted octanol–water partition coefficient (Wildman–Crippen LogP) is 12.6. The summed E-state index contributed by atoms with van der Waals surface area (Å²) in [6.07, 6.45) is 8.32. The van der Waals surface area contributed by atoms with Crippen molar-refractivity contribution < 1.29 is 0 Å². The average Bonchev–Trinajstić information content (AvgIpc) is 3.65. The summed E-state index contributed by atoms with van der Waals surface area (Å²) in [5, 5.41) is 3.02. The van der Waals surface area contributed by atoms with Crippen LogP contribution in [0.4, 0.5) is 0 Å². The number of unbranched alkanes of at least 4 members (excludes halogenated alkanes) is 3. The summed E-state index contributed by atoms with van der Waals surface area (Å²) < 4.78 is 6.56. The van der Waals surface area contributed by atoms with Crippen molar-refractivity contribution in [3.8, 4) is 20.9 Å². The van der Waals surface area contributed by atoms with E-state index < -0.39 is 18.4 Å². The van der Waals surface area contributed by atoms with Gasteiger partial charge in [0.05, 0.1) is 0 Å². The molecule has 2 heterocycles. The molecule has 0 bridgehead atoms. The molecule has 0 aliphatic heterocycles. The van der Waals surface area contributed by atoms with Crippen molar-refractivity contribution in [2.24, 2.45) is 0 Å². The summed E-state index contributed by atoms with van der Waals surface area (Å²) in [6, 6.07) is 10.4. The van der Waals surface area contributed by atoms with Crippen molar-refractivity contribution >= 4 is 54.7 Å². The van der Waals surface area contributed by atoms with Crippen molar-refractivity contribution in [1.29, 1.82) is 0 Å². The van der Waals surface area contributed by atoms with Crippen LogP contribution in [0.5, 0.6) is 0 Å². The third kappa shape index (κ3) is 4.46. The first-order chi connectivity index (χ1) is 19.9. The van der Waals surface area contributed by atoms with Gasteiger partial charge in [0.1, 0.15) is 0 Å². The molecular weight excluding hydrogens is 651 g/mol. The first-order valence-corrected chi connectivity index (χ1v) is 25.9. The molecule has 0 amide bonds. The summed E-state index contributed by atoms with van der Waals surface area (Å²) >= 11 is 1.76. The Balaban J connectivity index is 1.58. The Bertz CT molecular complexity index is 1650. The van der Waals surface area contributed by atoms with Crippen LogP contribution in [-0.4, -0.2) is 18.4 Å². The Morgan fingerprint density at radius 3 is 1.48 bits per heavy atom. The topological polar surface area (TPSA) is 0 Å². The summed E-state index contributed by atoms with van der Waals surface area (Å²) in [5.41, 5.74) is 12.5. The molecule has 0 radical (unpaired) electrons. The monoisotopic (exact) mass is 704 g/mol. The summed E-state index contributed by atoms with van der Waals surface area (Å²) in [4.78, 5) is 4.58. The van der Waals surface area contributed by atoms with E-state index in [9.17, 15) is 0 Å². The van der Waals surface area contributed by atoms with E-state index in [4.69, 9.17) is 0 Å². The fraction of sp³-hybridized carbons (Fsp3) is 0.538. The van der Waals surface area contributed by atoms with Crippen LogP contribution in [0.25, 0.3) is 31.7 Å². The Labute approximate surface area is 268 Å². The predicted molar refractivity (Wildman–Crippen MR) is 194 cm³/mol. The fourth-order valence-electron chi connectivity index (χ4n) is 8.72. The summed E-state index contributed by atoms with van der Waals surface area (Å²) in [6.45, 7) is 24.3. The maximum atomic E-state index is 2.80. The minimum atomic E-state index is -2.50. The molecule has 0 unspecified atom stereocenters. The third-order valence-corrected chi connectivity index (χ3v) is 31.5. The van der Waals surface area contributed by atoms with E-state index in [1.54, 1.807) is 40.4 Å². The van der Waals surface area contributed by atoms with Crippen molar-refractivity contribution in [2.75, 3.05) is 0 Å². The second-order valence-corrected chi connectivity index (χ2v) is 31.2. The second-order valence-electron chi connectivity index (χ2n) is 14.8. The molecule has 0 fully saturated rings. The number of thiophene rings is 2. The van der Waals surface area contributed by atoms with Gasteiger partial charge in [-0.05, 0) is 6.92 Å². The average molecular weight is 704 g/mol. The van der Waals surface area contributed by atoms with Crippen LogP contribution >= 0.6 is 22.7 Å². The molecule has 4 aromatic rings. The molecule has 2 aliphatic rings. The molecule has 6 rings (SSSR count). The van der Waals surface area contributed by atoms with Crippen LogP contribution in [0.15, 0.2) is 24.3 Å². The molecule has 2 aromatic heterocycles. The second kappa shape index (κ2) is 11.1. The zero-order valence-corrected chi connectivity index (χ0v) is 32.5. The Hall–Kier alpha value is -1.10. The maximum absolute atomic E-state index is 2.80. The van der Waals surface area contributed by atoms with E-state index >= 15 is 0 Å². The van der Waals surface area contributed by atoms with Gasteiger partial charge in [-0.2, -0.15) is 0 Å². The Morgan fingerprint density at radius 1 is 0.595 bits per heavy atom. The van der Waals surface area contributed by atoms with E-state index in [-0.39, 0.29) is 10.8 Å². The van der Waals surface area contributed by atoms with Gasteiger partial charge in [-0.1, -0.05) is 0 Å². The number of rotatable bonds is 10. The molecule has 42 heavy (non-hydrogen) atoms. The van der Waals surface area contributed by atoms with Crippen LogP contribution in [0.1, 0.15) is 125 Å². The quantitative estimate of drug-likeness (QED) is 0.144. The number of hydrogen-bond donors (Lipinski definition) is 0. The number of fused-ring (bicyclic) bond motifs is 9. The van der Waals surface area contributed by atoms with Crippen LogP contribution < -0.4 is 2.89 Å². The fourth-order valence-corrected chi connectivity index (χ4v) is 30.5. The molecule has 2 aliphatic carbocycles. The van der Waals surface area contributed by atoms with E-state index in [0.29, 0.717) is 0 Å². The SMILES string of the molecule is CCC[CH2][Sn]([CH2]CCC)([CH2]CCC)[c]1cc2c(s1)-c1c(C)cc3c4c(c(C)cc3c1C2(C)C)-c1sc(C)cc1C4(C)C.